The molecule has 5 heterocycles. The molecule has 0 fully saturated rings. The zero-order chi connectivity index (χ0) is 43.0. The van der Waals surface area contributed by atoms with Crippen LogP contribution in [0.5, 0.6) is 0 Å². The Morgan fingerprint density at radius 1 is 0.726 bits per heavy atom. The van der Waals surface area contributed by atoms with E-state index in [0.717, 1.165) is 50.6 Å². The minimum absolute atomic E-state index is 0. The van der Waals surface area contributed by atoms with Gasteiger partial charge in [-0.05, 0) is 81.4 Å². The summed E-state index contributed by atoms with van der Waals surface area (Å²) < 4.78 is 5.11. The monoisotopic (exact) mass is 1070 g/mol. The Kier molecular flexibility index (Phi) is 13.8. The van der Waals surface area contributed by atoms with Crippen molar-refractivity contribution >= 4 is 60.3 Å². The summed E-state index contributed by atoms with van der Waals surface area (Å²) in [4.78, 5) is 19.8. The van der Waals surface area contributed by atoms with E-state index in [9.17, 15) is 0 Å². The van der Waals surface area contributed by atoms with Crippen molar-refractivity contribution < 1.29 is 20.1 Å². The number of para-hydroxylation sites is 2. The molecule has 317 valence electrons. The van der Waals surface area contributed by atoms with Crippen LogP contribution in [0.1, 0.15) is 75.8 Å². The second kappa shape index (κ2) is 18.9. The first-order valence-electron chi connectivity index (χ1n) is 21.5. The van der Waals surface area contributed by atoms with E-state index in [4.69, 9.17) is 9.97 Å². The van der Waals surface area contributed by atoms with Gasteiger partial charge in [0.25, 0.3) is 0 Å². The first-order valence-corrected chi connectivity index (χ1v) is 29.7. The number of aromatic nitrogens is 5. The standard InChI is InChI=1S/C37H32N3S.C17H23GeN2.Ir/c1-22(2)29-20-27(25-11-7-6-8-12-25)21-30(23(3)4)35(29)40-33-14-10-9-13-32(33)39-36(40)26-16-18-34-31(19-26)28-17-15-24(5)38-37(28)41-34;1-13(2)10-15-11-17(14-6-8-19-9-7-14)20-12-16(15)18(3,4)5;/h6-15,17-23H,1-5H3;6,8-9,11-13H,10H2,1-5H3;/q2*-1;. The van der Waals surface area contributed by atoms with Gasteiger partial charge in [-0.2, -0.15) is 11.3 Å². The van der Waals surface area contributed by atoms with E-state index in [1.165, 1.54) is 53.4 Å². The van der Waals surface area contributed by atoms with Gasteiger partial charge in [-0.3, -0.25) is 4.98 Å². The molecule has 8 heteroatoms. The predicted molar refractivity (Wildman–Crippen MR) is 262 cm³/mol. The van der Waals surface area contributed by atoms with Crippen molar-refractivity contribution in [3.05, 3.63) is 156 Å². The number of imidazole rings is 1. The second-order valence-electron chi connectivity index (χ2n) is 18.2. The Morgan fingerprint density at radius 3 is 2.10 bits per heavy atom. The molecule has 0 unspecified atom stereocenters. The molecule has 5 nitrogen and oxygen atoms in total. The summed E-state index contributed by atoms with van der Waals surface area (Å²) >= 11 is -0.142. The third-order valence-corrected chi connectivity index (χ3v) is 16.7. The molecular weight excluding hydrogens is 1020 g/mol. The van der Waals surface area contributed by atoms with Gasteiger partial charge in [0.05, 0.1) is 16.9 Å². The summed E-state index contributed by atoms with van der Waals surface area (Å²) in [7, 11) is 0. The number of fused-ring (bicyclic) bond motifs is 4. The van der Waals surface area contributed by atoms with Crippen LogP contribution in [0.15, 0.2) is 122 Å². The molecule has 9 aromatic rings. The van der Waals surface area contributed by atoms with Gasteiger partial charge >= 0.3 is 125 Å². The average molecular weight is 1070 g/mol. The SMILES string of the molecule is CC(C)Cc1cc(-c2[c-]cncc2)nc[c]1[Ge]([CH3])([CH3])[CH3].Cc1ccc2c(n1)sc1c[c-]c(-c3nc4ccccc4n3-c3c(C(C)C)cc(-c4ccccc4)cc3C(C)C)cc12.[Ir]. The van der Waals surface area contributed by atoms with Crippen LogP contribution in [0.4, 0.5) is 0 Å². The Bertz CT molecular complexity index is 2950. The van der Waals surface area contributed by atoms with Crippen molar-refractivity contribution in [3.63, 3.8) is 0 Å². The first kappa shape index (κ1) is 45.2. The largest absolute Gasteiger partial charge is 0.333 e. The van der Waals surface area contributed by atoms with Gasteiger partial charge in [-0.1, -0.05) is 81.6 Å². The van der Waals surface area contributed by atoms with E-state index in [0.29, 0.717) is 17.8 Å². The Labute approximate surface area is 387 Å². The van der Waals surface area contributed by atoms with Crippen LogP contribution in [0.25, 0.3) is 70.8 Å². The van der Waals surface area contributed by atoms with Crippen LogP contribution in [0, 0.1) is 25.0 Å². The van der Waals surface area contributed by atoms with Crippen LogP contribution in [0.2, 0.25) is 17.3 Å². The summed E-state index contributed by atoms with van der Waals surface area (Å²) in [6.45, 7) is 15.8. The summed E-state index contributed by atoms with van der Waals surface area (Å²) in [6, 6.07) is 43.6. The summed E-state index contributed by atoms with van der Waals surface area (Å²) in [5, 5.41) is 2.39. The van der Waals surface area contributed by atoms with Crippen LogP contribution >= 0.6 is 11.3 Å². The molecule has 0 aliphatic carbocycles. The summed E-state index contributed by atoms with van der Waals surface area (Å²) in [6.07, 6.45) is 6.74. The molecule has 0 atom stereocenters. The van der Waals surface area contributed by atoms with Crippen LogP contribution in [-0.2, 0) is 26.5 Å². The first-order chi connectivity index (χ1) is 29.3. The summed E-state index contributed by atoms with van der Waals surface area (Å²) in [5.74, 6) is 9.51. The molecule has 0 saturated carbocycles. The third kappa shape index (κ3) is 9.42. The number of nitrogens with zero attached hydrogens (tertiary/aromatic N) is 5. The average Bonchev–Trinajstić information content (AvgIpc) is 3.81. The number of benzene rings is 4. The molecule has 0 saturated heterocycles. The molecule has 0 amide bonds. The number of pyridine rings is 3. The molecule has 0 spiro atoms. The fourth-order valence-corrected chi connectivity index (χ4v) is 12.7. The number of thiophene rings is 1. The van der Waals surface area contributed by atoms with Crippen LogP contribution in [-0.4, -0.2) is 37.8 Å². The van der Waals surface area contributed by atoms with Gasteiger partial charge in [0.2, 0.25) is 0 Å². The van der Waals surface area contributed by atoms with Crippen molar-refractivity contribution in [1.82, 2.24) is 24.5 Å². The van der Waals surface area contributed by atoms with E-state index < -0.39 is 13.3 Å². The van der Waals surface area contributed by atoms with Crippen molar-refractivity contribution in [3.8, 4) is 39.5 Å². The molecule has 1 radical (unpaired) electrons. The minimum atomic E-state index is -1.87. The van der Waals surface area contributed by atoms with Gasteiger partial charge in [-0.25, -0.2) is 4.98 Å². The van der Waals surface area contributed by atoms with Crippen molar-refractivity contribution in [1.29, 1.82) is 0 Å². The van der Waals surface area contributed by atoms with E-state index >= 15 is 0 Å². The summed E-state index contributed by atoms with van der Waals surface area (Å²) in [5.41, 5.74) is 14.0. The van der Waals surface area contributed by atoms with Gasteiger partial charge in [0, 0.05) is 31.5 Å². The molecule has 5 aromatic heterocycles. The fourth-order valence-electron chi connectivity index (χ4n) is 8.27. The van der Waals surface area contributed by atoms with E-state index in [2.05, 4.69) is 189 Å². The molecular formula is C54H55GeIrN5S-2. The van der Waals surface area contributed by atoms with Crippen molar-refractivity contribution in [2.45, 2.75) is 84.0 Å². The van der Waals surface area contributed by atoms with Crippen molar-refractivity contribution in [2.75, 3.05) is 0 Å². The minimum Gasteiger partial charge on any atom is -0.333 e. The molecule has 4 aromatic carbocycles. The maximum atomic E-state index is 5.25. The normalized spacial score (nSPS) is 11.8. The maximum absolute atomic E-state index is 5.25. The van der Waals surface area contributed by atoms with E-state index in [1.807, 2.05) is 13.0 Å². The number of aryl methyl sites for hydroxylation is 1. The zero-order valence-corrected chi connectivity index (χ0v) is 42.8. The molecule has 62 heavy (non-hydrogen) atoms. The maximum Gasteiger partial charge on any atom is 0.114 e. The number of hydrogen-bond acceptors (Lipinski definition) is 5. The fraction of sp³-hybridized carbons (Fsp3) is 0.259. The van der Waals surface area contributed by atoms with Crippen LogP contribution < -0.4 is 4.40 Å². The topological polar surface area (TPSA) is 56.5 Å². The zero-order valence-electron chi connectivity index (χ0n) is 37.5. The molecule has 9 rings (SSSR count). The van der Waals surface area contributed by atoms with Crippen LogP contribution in [0.3, 0.4) is 0 Å². The smallest absolute Gasteiger partial charge is 0.114 e. The number of rotatable bonds is 9. The Hall–Kier alpha value is -4.79. The number of hydrogen-bond donors (Lipinski definition) is 0. The van der Waals surface area contributed by atoms with Gasteiger partial charge in [-0.15, -0.1) is 23.8 Å². The second-order valence-corrected chi connectivity index (χ2v) is 29.8. The molecule has 0 aliphatic heterocycles. The third-order valence-electron chi connectivity index (χ3n) is 11.3. The Balaban J connectivity index is 0.000000233. The predicted octanol–water partition coefficient (Wildman–Crippen LogP) is 14.2. The molecule has 0 N–H and O–H groups in total. The molecule has 0 bridgehead atoms. The van der Waals surface area contributed by atoms with Gasteiger partial charge in [0.1, 0.15) is 4.83 Å². The quantitative estimate of drug-likeness (QED) is 0.107. The molecule has 0 aliphatic rings. The Morgan fingerprint density at radius 2 is 1.44 bits per heavy atom. The van der Waals surface area contributed by atoms with Crippen molar-refractivity contribution in [2.24, 2.45) is 5.92 Å². The van der Waals surface area contributed by atoms with E-state index in [1.54, 1.807) is 23.7 Å². The van der Waals surface area contributed by atoms with Gasteiger partial charge < -0.3 is 4.57 Å². The van der Waals surface area contributed by atoms with Gasteiger partial charge in [0.15, 0.2) is 0 Å². The van der Waals surface area contributed by atoms with E-state index in [-0.39, 0.29) is 20.1 Å².